The average molecular weight is 271 g/mol. The first-order valence-corrected chi connectivity index (χ1v) is 7.31. The molecule has 3 nitrogen and oxygen atoms in total. The first-order chi connectivity index (χ1) is 9.22. The highest BCUT2D eigenvalue weighted by atomic mass is 32.2. The Bertz CT molecular complexity index is 596. The Labute approximate surface area is 118 Å². The number of hydrogen-bond acceptors (Lipinski definition) is 3. The molecule has 0 saturated heterocycles. The van der Waals surface area contributed by atoms with Gasteiger partial charge >= 0.3 is 0 Å². The van der Waals surface area contributed by atoms with Crippen molar-refractivity contribution in [1.29, 1.82) is 5.26 Å². The molecule has 0 aliphatic rings. The summed E-state index contributed by atoms with van der Waals surface area (Å²) in [6.45, 7) is 4.24. The van der Waals surface area contributed by atoms with Gasteiger partial charge in [0.25, 0.3) is 0 Å². The molecule has 98 valence electrons. The van der Waals surface area contributed by atoms with Crippen molar-refractivity contribution in [1.82, 2.24) is 9.55 Å². The molecule has 1 heterocycles. The standard InChI is InChI=1S/C15H17N3S/c1-12-5-6-14(11-13(12)2)18-9-8-17-15(18)19-10-4-3-7-16/h5-6,8-9,11H,3-4,10H2,1-2H3. The molecule has 4 heteroatoms. The zero-order chi connectivity index (χ0) is 13.7. The molecular weight excluding hydrogens is 254 g/mol. The second-order valence-electron chi connectivity index (χ2n) is 4.46. The first kappa shape index (κ1) is 13.7. The minimum absolute atomic E-state index is 0.608. The highest BCUT2D eigenvalue weighted by Gasteiger charge is 2.06. The Hall–Kier alpha value is -1.73. The van der Waals surface area contributed by atoms with E-state index in [2.05, 4.69) is 47.7 Å². The zero-order valence-corrected chi connectivity index (χ0v) is 12.1. The third kappa shape index (κ3) is 3.39. The number of aryl methyl sites for hydroxylation is 2. The SMILES string of the molecule is Cc1ccc(-n2ccnc2SCCCC#N)cc1C. The Kier molecular flexibility index (Phi) is 4.64. The van der Waals surface area contributed by atoms with E-state index < -0.39 is 0 Å². The topological polar surface area (TPSA) is 41.6 Å². The van der Waals surface area contributed by atoms with E-state index in [4.69, 9.17) is 5.26 Å². The summed E-state index contributed by atoms with van der Waals surface area (Å²) in [6.07, 6.45) is 5.32. The predicted octanol–water partition coefficient (Wildman–Crippen LogP) is 3.89. The van der Waals surface area contributed by atoms with Crippen LogP contribution in [0.5, 0.6) is 0 Å². The molecule has 0 N–H and O–H groups in total. The van der Waals surface area contributed by atoms with E-state index in [9.17, 15) is 0 Å². The molecule has 19 heavy (non-hydrogen) atoms. The van der Waals surface area contributed by atoms with Crippen LogP contribution in [0.4, 0.5) is 0 Å². The molecule has 0 atom stereocenters. The van der Waals surface area contributed by atoms with Gasteiger partial charge in [-0.15, -0.1) is 0 Å². The predicted molar refractivity (Wildman–Crippen MR) is 78.6 cm³/mol. The van der Waals surface area contributed by atoms with Crippen LogP contribution in [0.25, 0.3) is 5.69 Å². The minimum Gasteiger partial charge on any atom is -0.295 e. The monoisotopic (exact) mass is 271 g/mol. The number of hydrogen-bond donors (Lipinski definition) is 0. The van der Waals surface area contributed by atoms with E-state index in [0.29, 0.717) is 6.42 Å². The lowest BCUT2D eigenvalue weighted by atomic mass is 10.1. The van der Waals surface area contributed by atoms with Gasteiger partial charge in [-0.3, -0.25) is 4.57 Å². The number of nitrogens with zero attached hydrogens (tertiary/aromatic N) is 3. The van der Waals surface area contributed by atoms with Crippen LogP contribution >= 0.6 is 11.8 Å². The number of thioether (sulfide) groups is 1. The molecule has 0 spiro atoms. The molecule has 0 aliphatic heterocycles. The van der Waals surface area contributed by atoms with Crippen LogP contribution in [0.15, 0.2) is 35.7 Å². The second kappa shape index (κ2) is 6.44. The van der Waals surface area contributed by atoms with E-state index in [0.717, 1.165) is 23.0 Å². The van der Waals surface area contributed by atoms with Gasteiger partial charge in [0.05, 0.1) is 6.07 Å². The summed E-state index contributed by atoms with van der Waals surface area (Å²) in [4.78, 5) is 4.39. The minimum atomic E-state index is 0.608. The third-order valence-electron chi connectivity index (χ3n) is 3.04. The fourth-order valence-electron chi connectivity index (χ4n) is 1.78. The Morgan fingerprint density at radius 1 is 1.32 bits per heavy atom. The average Bonchev–Trinajstić information content (AvgIpc) is 2.86. The highest BCUT2D eigenvalue weighted by molar-refractivity contribution is 7.99. The summed E-state index contributed by atoms with van der Waals surface area (Å²) in [7, 11) is 0. The summed E-state index contributed by atoms with van der Waals surface area (Å²) in [5.74, 6) is 0.926. The number of aromatic nitrogens is 2. The van der Waals surface area contributed by atoms with E-state index in [1.807, 2.05) is 12.4 Å². The number of imidazole rings is 1. The molecule has 0 amide bonds. The van der Waals surface area contributed by atoms with Crippen LogP contribution in [0, 0.1) is 25.2 Å². The van der Waals surface area contributed by atoms with E-state index in [-0.39, 0.29) is 0 Å². The maximum atomic E-state index is 8.53. The van der Waals surface area contributed by atoms with Crippen molar-refractivity contribution in [2.45, 2.75) is 31.8 Å². The van der Waals surface area contributed by atoms with Crippen LogP contribution in [-0.4, -0.2) is 15.3 Å². The number of unbranched alkanes of at least 4 members (excludes halogenated alkanes) is 1. The van der Waals surface area contributed by atoms with Crippen LogP contribution < -0.4 is 0 Å². The molecule has 2 rings (SSSR count). The summed E-state index contributed by atoms with van der Waals surface area (Å²) in [5.41, 5.74) is 3.72. The number of nitriles is 1. The van der Waals surface area contributed by atoms with Gasteiger partial charge < -0.3 is 0 Å². The molecule has 0 unspecified atom stereocenters. The maximum Gasteiger partial charge on any atom is 0.172 e. The van der Waals surface area contributed by atoms with Crippen LogP contribution in [-0.2, 0) is 0 Å². The molecule has 1 aromatic carbocycles. The van der Waals surface area contributed by atoms with Gasteiger partial charge in [0.2, 0.25) is 0 Å². The van der Waals surface area contributed by atoms with E-state index >= 15 is 0 Å². The van der Waals surface area contributed by atoms with Crippen LogP contribution in [0.3, 0.4) is 0 Å². The van der Waals surface area contributed by atoms with Crippen molar-refractivity contribution >= 4 is 11.8 Å². The Morgan fingerprint density at radius 3 is 2.89 bits per heavy atom. The van der Waals surface area contributed by atoms with Gasteiger partial charge in [-0.2, -0.15) is 5.26 Å². The lowest BCUT2D eigenvalue weighted by Gasteiger charge is -2.09. The molecule has 0 aliphatic carbocycles. The van der Waals surface area contributed by atoms with Gasteiger partial charge in [-0.05, 0) is 43.5 Å². The fourth-order valence-corrected chi connectivity index (χ4v) is 2.70. The quantitative estimate of drug-likeness (QED) is 0.612. The summed E-state index contributed by atoms with van der Waals surface area (Å²) in [5, 5.41) is 9.52. The smallest absolute Gasteiger partial charge is 0.172 e. The summed E-state index contributed by atoms with van der Waals surface area (Å²) in [6, 6.07) is 8.59. The molecule has 1 aromatic heterocycles. The van der Waals surface area contributed by atoms with Crippen LogP contribution in [0.1, 0.15) is 24.0 Å². The lowest BCUT2D eigenvalue weighted by molar-refractivity contribution is 0.886. The van der Waals surface area contributed by atoms with Gasteiger partial charge in [0, 0.05) is 30.3 Å². The number of rotatable bonds is 5. The van der Waals surface area contributed by atoms with Crippen molar-refractivity contribution in [3.05, 3.63) is 41.7 Å². The van der Waals surface area contributed by atoms with E-state index in [1.165, 1.54) is 11.1 Å². The first-order valence-electron chi connectivity index (χ1n) is 6.33. The van der Waals surface area contributed by atoms with Crippen molar-refractivity contribution < 1.29 is 0 Å². The van der Waals surface area contributed by atoms with E-state index in [1.54, 1.807) is 11.8 Å². The second-order valence-corrected chi connectivity index (χ2v) is 5.52. The summed E-state index contributed by atoms with van der Waals surface area (Å²) >= 11 is 1.70. The van der Waals surface area contributed by atoms with Crippen molar-refractivity contribution in [3.63, 3.8) is 0 Å². The lowest BCUT2D eigenvalue weighted by Crippen LogP contribution is -1.97. The van der Waals surface area contributed by atoms with Crippen molar-refractivity contribution in [2.75, 3.05) is 5.75 Å². The van der Waals surface area contributed by atoms with Crippen LogP contribution in [0.2, 0.25) is 0 Å². The molecular formula is C15H17N3S. The zero-order valence-electron chi connectivity index (χ0n) is 11.3. The number of benzene rings is 1. The largest absolute Gasteiger partial charge is 0.295 e. The Balaban J connectivity index is 2.14. The normalized spacial score (nSPS) is 10.4. The van der Waals surface area contributed by atoms with Crippen molar-refractivity contribution in [2.24, 2.45) is 0 Å². The highest BCUT2D eigenvalue weighted by Crippen LogP contribution is 2.22. The van der Waals surface area contributed by atoms with Gasteiger partial charge in [0.1, 0.15) is 0 Å². The fraction of sp³-hybridized carbons (Fsp3) is 0.333. The van der Waals surface area contributed by atoms with Gasteiger partial charge in [-0.1, -0.05) is 17.8 Å². The molecule has 2 aromatic rings. The third-order valence-corrected chi connectivity index (χ3v) is 4.09. The van der Waals surface area contributed by atoms with Crippen molar-refractivity contribution in [3.8, 4) is 11.8 Å². The van der Waals surface area contributed by atoms with Gasteiger partial charge in [-0.25, -0.2) is 4.98 Å². The summed E-state index contributed by atoms with van der Waals surface area (Å²) < 4.78 is 2.10. The Morgan fingerprint density at radius 2 is 2.16 bits per heavy atom. The molecule has 0 saturated carbocycles. The molecule has 0 fully saturated rings. The van der Waals surface area contributed by atoms with Gasteiger partial charge in [0.15, 0.2) is 5.16 Å². The molecule has 0 bridgehead atoms. The maximum absolute atomic E-state index is 8.53. The molecule has 0 radical (unpaired) electrons.